The standard InChI is InChI=1S/C19H13Cl2N3O3/c20-13-3-6-16(17(21)11-13)19(26)24-23-18(25)12-1-4-14(5-2-12)27-15-7-9-22-10-8-15/h1-11H,(H,23,25)(H,24,26). The number of hydrogen-bond acceptors (Lipinski definition) is 4. The molecular formula is C19H13Cl2N3O3. The highest BCUT2D eigenvalue weighted by molar-refractivity contribution is 6.36. The number of carbonyl (C=O) groups excluding carboxylic acids is 2. The zero-order valence-electron chi connectivity index (χ0n) is 13.8. The summed E-state index contributed by atoms with van der Waals surface area (Å²) in [6.45, 7) is 0. The molecule has 0 aliphatic carbocycles. The molecule has 3 aromatic rings. The minimum Gasteiger partial charge on any atom is -0.457 e. The molecule has 6 nitrogen and oxygen atoms in total. The summed E-state index contributed by atoms with van der Waals surface area (Å²) in [5.41, 5.74) is 5.18. The van der Waals surface area contributed by atoms with Crippen molar-refractivity contribution in [3.05, 3.63) is 88.2 Å². The third-order valence-corrected chi connectivity index (χ3v) is 4.02. The van der Waals surface area contributed by atoms with Crippen molar-refractivity contribution in [3.63, 3.8) is 0 Å². The van der Waals surface area contributed by atoms with Gasteiger partial charge in [-0.25, -0.2) is 0 Å². The number of nitrogens with one attached hydrogen (secondary N) is 2. The Hall–Kier alpha value is -3.09. The van der Waals surface area contributed by atoms with E-state index in [0.29, 0.717) is 22.1 Å². The second kappa shape index (κ2) is 8.53. The van der Waals surface area contributed by atoms with Crippen molar-refractivity contribution in [2.45, 2.75) is 0 Å². The highest BCUT2D eigenvalue weighted by Crippen LogP contribution is 2.21. The molecule has 0 aliphatic heterocycles. The van der Waals surface area contributed by atoms with Gasteiger partial charge in [0.05, 0.1) is 10.6 Å². The highest BCUT2D eigenvalue weighted by atomic mass is 35.5. The summed E-state index contributed by atoms with van der Waals surface area (Å²) in [6.07, 6.45) is 3.24. The molecule has 0 aliphatic rings. The van der Waals surface area contributed by atoms with Crippen molar-refractivity contribution in [1.82, 2.24) is 15.8 Å². The fourth-order valence-corrected chi connectivity index (χ4v) is 2.64. The van der Waals surface area contributed by atoms with Crippen LogP contribution < -0.4 is 15.6 Å². The molecule has 0 fully saturated rings. The maximum absolute atomic E-state index is 12.2. The number of hydrazine groups is 1. The van der Waals surface area contributed by atoms with Crippen LogP contribution in [-0.2, 0) is 0 Å². The van der Waals surface area contributed by atoms with Crippen molar-refractivity contribution in [2.75, 3.05) is 0 Å². The van der Waals surface area contributed by atoms with Crippen LogP contribution >= 0.6 is 23.2 Å². The van der Waals surface area contributed by atoms with Gasteiger partial charge >= 0.3 is 0 Å². The predicted molar refractivity (Wildman–Crippen MR) is 102 cm³/mol. The summed E-state index contributed by atoms with van der Waals surface area (Å²) in [4.78, 5) is 28.2. The third kappa shape index (κ3) is 4.97. The van der Waals surface area contributed by atoms with E-state index in [9.17, 15) is 9.59 Å². The van der Waals surface area contributed by atoms with Gasteiger partial charge in [0, 0.05) is 23.0 Å². The van der Waals surface area contributed by atoms with Gasteiger partial charge < -0.3 is 4.74 Å². The van der Waals surface area contributed by atoms with Crippen LogP contribution in [0.2, 0.25) is 10.0 Å². The van der Waals surface area contributed by atoms with E-state index in [1.54, 1.807) is 48.8 Å². The lowest BCUT2D eigenvalue weighted by Crippen LogP contribution is -2.41. The summed E-state index contributed by atoms with van der Waals surface area (Å²) in [5, 5.41) is 0.599. The van der Waals surface area contributed by atoms with E-state index < -0.39 is 11.8 Å². The number of ether oxygens (including phenoxy) is 1. The molecule has 0 atom stereocenters. The van der Waals surface area contributed by atoms with E-state index in [1.807, 2.05) is 0 Å². The number of carbonyl (C=O) groups is 2. The first-order valence-electron chi connectivity index (χ1n) is 7.76. The van der Waals surface area contributed by atoms with Gasteiger partial charge in [-0.05, 0) is 54.6 Å². The van der Waals surface area contributed by atoms with Crippen LogP contribution in [0.15, 0.2) is 67.0 Å². The highest BCUT2D eigenvalue weighted by Gasteiger charge is 2.12. The van der Waals surface area contributed by atoms with Gasteiger partial charge in [0.25, 0.3) is 11.8 Å². The normalized spacial score (nSPS) is 10.1. The first-order chi connectivity index (χ1) is 13.0. The van der Waals surface area contributed by atoms with E-state index in [0.717, 1.165) is 0 Å². The maximum atomic E-state index is 12.2. The van der Waals surface area contributed by atoms with Gasteiger partial charge in [0.15, 0.2) is 0 Å². The second-order valence-corrected chi connectivity index (χ2v) is 6.19. The zero-order chi connectivity index (χ0) is 19.2. The molecule has 8 heteroatoms. The molecule has 0 radical (unpaired) electrons. The van der Waals surface area contributed by atoms with Crippen LogP contribution in [0.1, 0.15) is 20.7 Å². The molecule has 27 heavy (non-hydrogen) atoms. The molecule has 0 saturated heterocycles. The summed E-state index contributed by atoms with van der Waals surface area (Å²) >= 11 is 11.8. The van der Waals surface area contributed by atoms with Crippen molar-refractivity contribution < 1.29 is 14.3 Å². The molecule has 3 rings (SSSR count). The molecule has 136 valence electrons. The third-order valence-electron chi connectivity index (χ3n) is 3.47. The van der Waals surface area contributed by atoms with Crippen LogP contribution in [0, 0.1) is 0 Å². The Morgan fingerprint density at radius 3 is 2.11 bits per heavy atom. The Bertz CT molecular complexity index is 964. The van der Waals surface area contributed by atoms with Crippen molar-refractivity contribution in [3.8, 4) is 11.5 Å². The van der Waals surface area contributed by atoms with E-state index in [-0.39, 0.29) is 10.6 Å². The molecule has 2 N–H and O–H groups in total. The van der Waals surface area contributed by atoms with E-state index in [2.05, 4.69) is 15.8 Å². The Kier molecular flexibility index (Phi) is 5.90. The zero-order valence-corrected chi connectivity index (χ0v) is 15.3. The fraction of sp³-hybridized carbons (Fsp3) is 0. The average molecular weight is 402 g/mol. The van der Waals surface area contributed by atoms with Gasteiger partial charge in [-0.3, -0.25) is 25.4 Å². The molecule has 0 unspecified atom stereocenters. The van der Waals surface area contributed by atoms with Crippen LogP contribution in [0.3, 0.4) is 0 Å². The average Bonchev–Trinajstić information content (AvgIpc) is 2.67. The maximum Gasteiger partial charge on any atom is 0.271 e. The second-order valence-electron chi connectivity index (χ2n) is 5.34. The lowest BCUT2D eigenvalue weighted by Gasteiger charge is -2.09. The number of aromatic nitrogens is 1. The number of nitrogens with zero attached hydrogens (tertiary/aromatic N) is 1. The lowest BCUT2D eigenvalue weighted by atomic mass is 10.2. The summed E-state index contributed by atoms with van der Waals surface area (Å²) in [5.74, 6) is 0.163. The summed E-state index contributed by atoms with van der Waals surface area (Å²) < 4.78 is 5.63. The fourth-order valence-electron chi connectivity index (χ4n) is 2.14. The smallest absolute Gasteiger partial charge is 0.271 e. The number of pyridine rings is 1. The van der Waals surface area contributed by atoms with Crippen LogP contribution in [-0.4, -0.2) is 16.8 Å². The monoisotopic (exact) mass is 401 g/mol. The minimum atomic E-state index is -0.553. The number of benzene rings is 2. The molecule has 2 amide bonds. The van der Waals surface area contributed by atoms with Crippen LogP contribution in [0.5, 0.6) is 11.5 Å². The van der Waals surface area contributed by atoms with Crippen LogP contribution in [0.4, 0.5) is 0 Å². The van der Waals surface area contributed by atoms with Gasteiger partial charge in [0.2, 0.25) is 0 Å². The predicted octanol–water partition coefficient (Wildman–Crippen LogP) is 4.26. The van der Waals surface area contributed by atoms with Crippen molar-refractivity contribution in [2.24, 2.45) is 0 Å². The minimum absolute atomic E-state index is 0.187. The number of amides is 2. The Morgan fingerprint density at radius 2 is 1.44 bits per heavy atom. The first kappa shape index (κ1) is 18.7. The molecule has 0 saturated carbocycles. The van der Waals surface area contributed by atoms with Crippen molar-refractivity contribution in [1.29, 1.82) is 0 Å². The topological polar surface area (TPSA) is 80.3 Å². The van der Waals surface area contributed by atoms with Gasteiger partial charge in [-0.1, -0.05) is 23.2 Å². The Labute approximate surface area is 165 Å². The first-order valence-corrected chi connectivity index (χ1v) is 8.52. The molecule has 2 aromatic carbocycles. The quantitative estimate of drug-likeness (QED) is 0.640. The molecule has 0 bridgehead atoms. The molecular weight excluding hydrogens is 389 g/mol. The Morgan fingerprint density at radius 1 is 0.815 bits per heavy atom. The Balaban J connectivity index is 1.58. The van der Waals surface area contributed by atoms with Crippen LogP contribution in [0.25, 0.3) is 0 Å². The number of rotatable bonds is 4. The van der Waals surface area contributed by atoms with E-state index >= 15 is 0 Å². The molecule has 1 aromatic heterocycles. The van der Waals surface area contributed by atoms with E-state index in [1.165, 1.54) is 18.2 Å². The lowest BCUT2D eigenvalue weighted by molar-refractivity contribution is 0.0846. The SMILES string of the molecule is O=C(NNC(=O)c1ccc(Cl)cc1Cl)c1ccc(Oc2ccncc2)cc1. The number of hydrogen-bond donors (Lipinski definition) is 2. The largest absolute Gasteiger partial charge is 0.457 e. The van der Waals surface area contributed by atoms with Gasteiger partial charge in [-0.2, -0.15) is 0 Å². The van der Waals surface area contributed by atoms with Crippen molar-refractivity contribution >= 4 is 35.0 Å². The molecule has 1 heterocycles. The summed E-state index contributed by atoms with van der Waals surface area (Å²) in [7, 11) is 0. The van der Waals surface area contributed by atoms with Gasteiger partial charge in [0.1, 0.15) is 11.5 Å². The van der Waals surface area contributed by atoms with Gasteiger partial charge in [-0.15, -0.1) is 0 Å². The summed E-state index contributed by atoms with van der Waals surface area (Å²) in [6, 6.07) is 14.3. The van der Waals surface area contributed by atoms with E-state index in [4.69, 9.17) is 27.9 Å². The molecule has 0 spiro atoms. The number of halogens is 2.